The summed E-state index contributed by atoms with van der Waals surface area (Å²) in [5, 5.41) is 12.0. The average molecular weight is 290 g/mol. The Labute approximate surface area is 130 Å². The van der Waals surface area contributed by atoms with Gasteiger partial charge in [-0.05, 0) is 44.0 Å². The summed E-state index contributed by atoms with van der Waals surface area (Å²) >= 11 is 0. The van der Waals surface area contributed by atoms with E-state index >= 15 is 0 Å². The van der Waals surface area contributed by atoms with Crippen molar-refractivity contribution >= 4 is 17.7 Å². The molecule has 22 heavy (non-hydrogen) atoms. The Hall–Kier alpha value is -2.86. The first-order valence-corrected chi connectivity index (χ1v) is 7.06. The van der Waals surface area contributed by atoms with Gasteiger partial charge in [0, 0.05) is 5.69 Å². The van der Waals surface area contributed by atoms with Crippen LogP contribution in [0.5, 0.6) is 0 Å². The standard InChI is InChI=1S/C19H18N2O/c1-13-5-4-6-16(10-13)11-17(12-20)19(22)21-18-8-7-14(2)9-15(18)3/h4-11H,1-3H3,(H,21,22)/b17-11+. The highest BCUT2D eigenvalue weighted by molar-refractivity contribution is 6.09. The SMILES string of the molecule is Cc1cccc(/C=C(\C#N)C(=O)Nc2ccc(C)cc2C)c1. The van der Waals surface area contributed by atoms with E-state index in [-0.39, 0.29) is 5.57 Å². The van der Waals surface area contributed by atoms with Gasteiger partial charge in [0.2, 0.25) is 0 Å². The van der Waals surface area contributed by atoms with Gasteiger partial charge < -0.3 is 5.32 Å². The molecule has 1 amide bonds. The van der Waals surface area contributed by atoms with Crippen molar-refractivity contribution in [3.63, 3.8) is 0 Å². The Morgan fingerprint density at radius 1 is 1.09 bits per heavy atom. The minimum atomic E-state index is -0.393. The first-order chi connectivity index (χ1) is 10.5. The maximum absolute atomic E-state index is 12.3. The molecule has 0 aliphatic carbocycles. The molecule has 0 aliphatic rings. The minimum Gasteiger partial charge on any atom is -0.321 e. The van der Waals surface area contributed by atoms with Gasteiger partial charge >= 0.3 is 0 Å². The second kappa shape index (κ2) is 6.73. The van der Waals surface area contributed by atoms with Crippen molar-refractivity contribution in [2.24, 2.45) is 0 Å². The Morgan fingerprint density at radius 2 is 1.82 bits per heavy atom. The molecule has 0 heterocycles. The Morgan fingerprint density at radius 3 is 2.45 bits per heavy atom. The van der Waals surface area contributed by atoms with E-state index in [2.05, 4.69) is 5.32 Å². The molecule has 0 unspecified atom stereocenters. The number of benzene rings is 2. The second-order valence-electron chi connectivity index (χ2n) is 5.36. The van der Waals surface area contributed by atoms with Crippen LogP contribution < -0.4 is 5.32 Å². The molecule has 0 fully saturated rings. The number of aryl methyl sites for hydroxylation is 3. The van der Waals surface area contributed by atoms with Crippen molar-refractivity contribution < 1.29 is 4.79 Å². The van der Waals surface area contributed by atoms with Gasteiger partial charge in [0.25, 0.3) is 5.91 Å². The number of rotatable bonds is 3. The van der Waals surface area contributed by atoms with E-state index in [1.54, 1.807) is 6.08 Å². The quantitative estimate of drug-likeness (QED) is 0.681. The molecule has 0 saturated carbocycles. The molecule has 3 nitrogen and oxygen atoms in total. The molecule has 2 rings (SSSR count). The van der Waals surface area contributed by atoms with E-state index in [0.717, 1.165) is 27.9 Å². The van der Waals surface area contributed by atoms with Crippen LogP contribution >= 0.6 is 0 Å². The average Bonchev–Trinajstić information content (AvgIpc) is 2.47. The lowest BCUT2D eigenvalue weighted by Gasteiger charge is -2.08. The minimum absolute atomic E-state index is 0.0885. The van der Waals surface area contributed by atoms with Crippen molar-refractivity contribution in [1.29, 1.82) is 5.26 Å². The summed E-state index contributed by atoms with van der Waals surface area (Å²) in [6, 6.07) is 15.4. The highest BCUT2D eigenvalue weighted by atomic mass is 16.1. The number of nitriles is 1. The second-order valence-corrected chi connectivity index (χ2v) is 5.36. The third kappa shape index (κ3) is 3.83. The van der Waals surface area contributed by atoms with Gasteiger partial charge in [0.05, 0.1) is 0 Å². The first-order valence-electron chi connectivity index (χ1n) is 7.06. The number of amides is 1. The summed E-state index contributed by atoms with van der Waals surface area (Å²) in [6.07, 6.45) is 1.60. The fourth-order valence-corrected chi connectivity index (χ4v) is 2.22. The van der Waals surface area contributed by atoms with E-state index in [9.17, 15) is 10.1 Å². The smallest absolute Gasteiger partial charge is 0.266 e. The number of nitrogens with zero attached hydrogens (tertiary/aromatic N) is 1. The van der Waals surface area contributed by atoms with Crippen LogP contribution in [0.1, 0.15) is 22.3 Å². The summed E-state index contributed by atoms with van der Waals surface area (Å²) in [5.74, 6) is -0.393. The normalized spacial score (nSPS) is 10.9. The van der Waals surface area contributed by atoms with Gasteiger partial charge in [-0.25, -0.2) is 0 Å². The Kier molecular flexibility index (Phi) is 4.75. The van der Waals surface area contributed by atoms with E-state index in [1.165, 1.54) is 0 Å². The van der Waals surface area contributed by atoms with E-state index in [4.69, 9.17) is 0 Å². The van der Waals surface area contributed by atoms with Gasteiger partial charge in [-0.1, -0.05) is 47.5 Å². The van der Waals surface area contributed by atoms with E-state index in [1.807, 2.05) is 69.3 Å². The van der Waals surface area contributed by atoms with Crippen LogP contribution in [0.3, 0.4) is 0 Å². The molecule has 2 aromatic carbocycles. The monoisotopic (exact) mass is 290 g/mol. The Balaban J connectivity index is 2.24. The van der Waals surface area contributed by atoms with Crippen molar-refractivity contribution in [3.05, 3.63) is 70.3 Å². The lowest BCUT2D eigenvalue weighted by Crippen LogP contribution is -2.14. The van der Waals surface area contributed by atoms with Gasteiger partial charge in [0.1, 0.15) is 11.6 Å². The summed E-state index contributed by atoms with van der Waals surface area (Å²) in [5.41, 5.74) is 4.84. The van der Waals surface area contributed by atoms with E-state index < -0.39 is 5.91 Å². The van der Waals surface area contributed by atoms with Crippen LogP contribution in [-0.4, -0.2) is 5.91 Å². The molecule has 0 saturated heterocycles. The molecule has 0 spiro atoms. The molecular formula is C19H18N2O. The molecule has 0 atom stereocenters. The molecule has 2 aromatic rings. The van der Waals surface area contributed by atoms with Crippen LogP contribution in [-0.2, 0) is 4.79 Å². The Bertz CT molecular complexity index is 782. The summed E-state index contributed by atoms with van der Waals surface area (Å²) < 4.78 is 0. The fraction of sp³-hybridized carbons (Fsp3) is 0.158. The van der Waals surface area contributed by atoms with E-state index in [0.29, 0.717) is 0 Å². The van der Waals surface area contributed by atoms with Gasteiger partial charge in [-0.15, -0.1) is 0 Å². The largest absolute Gasteiger partial charge is 0.321 e. The molecule has 110 valence electrons. The molecular weight excluding hydrogens is 272 g/mol. The topological polar surface area (TPSA) is 52.9 Å². The third-order valence-corrected chi connectivity index (χ3v) is 3.35. The number of carbonyl (C=O) groups excluding carboxylic acids is 1. The molecule has 3 heteroatoms. The molecule has 0 radical (unpaired) electrons. The molecule has 0 aromatic heterocycles. The van der Waals surface area contributed by atoms with Crippen LogP contribution in [0.25, 0.3) is 6.08 Å². The molecule has 1 N–H and O–H groups in total. The zero-order valence-corrected chi connectivity index (χ0v) is 13.0. The van der Waals surface area contributed by atoms with Crippen molar-refractivity contribution in [3.8, 4) is 6.07 Å². The summed E-state index contributed by atoms with van der Waals surface area (Å²) in [7, 11) is 0. The summed E-state index contributed by atoms with van der Waals surface area (Å²) in [6.45, 7) is 5.90. The van der Waals surface area contributed by atoms with Crippen molar-refractivity contribution in [1.82, 2.24) is 0 Å². The van der Waals surface area contributed by atoms with Crippen LogP contribution in [0, 0.1) is 32.1 Å². The highest BCUT2D eigenvalue weighted by Gasteiger charge is 2.10. The number of hydrogen-bond donors (Lipinski definition) is 1. The maximum atomic E-state index is 12.3. The van der Waals surface area contributed by atoms with Gasteiger partial charge in [-0.2, -0.15) is 5.26 Å². The highest BCUT2D eigenvalue weighted by Crippen LogP contribution is 2.17. The van der Waals surface area contributed by atoms with Crippen molar-refractivity contribution in [2.45, 2.75) is 20.8 Å². The van der Waals surface area contributed by atoms with Gasteiger partial charge in [0.15, 0.2) is 0 Å². The van der Waals surface area contributed by atoms with Crippen LogP contribution in [0.2, 0.25) is 0 Å². The maximum Gasteiger partial charge on any atom is 0.266 e. The zero-order chi connectivity index (χ0) is 16.1. The van der Waals surface area contributed by atoms with Crippen LogP contribution in [0.4, 0.5) is 5.69 Å². The van der Waals surface area contributed by atoms with Crippen LogP contribution in [0.15, 0.2) is 48.0 Å². The van der Waals surface area contributed by atoms with Crippen molar-refractivity contribution in [2.75, 3.05) is 5.32 Å². The number of nitrogens with one attached hydrogen (secondary N) is 1. The number of hydrogen-bond acceptors (Lipinski definition) is 2. The number of anilines is 1. The lowest BCUT2D eigenvalue weighted by molar-refractivity contribution is -0.112. The molecule has 0 bridgehead atoms. The summed E-state index contributed by atoms with van der Waals surface area (Å²) in [4.78, 5) is 12.3. The zero-order valence-electron chi connectivity index (χ0n) is 13.0. The number of carbonyl (C=O) groups is 1. The predicted molar refractivity (Wildman–Crippen MR) is 89.3 cm³/mol. The predicted octanol–water partition coefficient (Wildman–Crippen LogP) is 4.16. The third-order valence-electron chi connectivity index (χ3n) is 3.35. The molecule has 0 aliphatic heterocycles. The van der Waals surface area contributed by atoms with Gasteiger partial charge in [-0.3, -0.25) is 4.79 Å². The fourth-order valence-electron chi connectivity index (χ4n) is 2.22. The first kappa shape index (κ1) is 15.5. The lowest BCUT2D eigenvalue weighted by atomic mass is 10.1.